The number of carbonyl (C=O) groups excluding carboxylic acids is 6. The molecule has 6 amide bonds. The molecule has 0 aromatic rings. The van der Waals surface area contributed by atoms with E-state index in [4.69, 9.17) is 5.73 Å². The molecule has 12 nitrogen and oxygen atoms in total. The van der Waals surface area contributed by atoms with Gasteiger partial charge in [-0.1, -0.05) is 34.1 Å². The Bertz CT molecular complexity index is 821. The first-order valence-corrected chi connectivity index (χ1v) is 12.7. The number of hydrogen-bond donors (Lipinski definition) is 5. The number of nitrogens with one attached hydrogen (secondary N) is 3. The lowest BCUT2D eigenvalue weighted by Gasteiger charge is -2.23. The molecule has 0 spiro atoms. The fourth-order valence-corrected chi connectivity index (χ4v) is 3.32. The van der Waals surface area contributed by atoms with Gasteiger partial charge >= 0.3 is 6.03 Å². The maximum Gasteiger partial charge on any atom is 0.312 e. The number of ketones is 1. The van der Waals surface area contributed by atoms with Crippen molar-refractivity contribution in [2.75, 3.05) is 19.7 Å². The van der Waals surface area contributed by atoms with Crippen molar-refractivity contribution < 1.29 is 33.9 Å². The number of amides is 6. The van der Waals surface area contributed by atoms with E-state index in [-0.39, 0.29) is 49.4 Å². The van der Waals surface area contributed by atoms with Crippen LogP contribution in [0.25, 0.3) is 0 Å². The van der Waals surface area contributed by atoms with Crippen LogP contribution in [0.3, 0.4) is 0 Å². The number of carbonyl (C=O) groups is 6. The molecule has 2 atom stereocenters. The lowest BCUT2D eigenvalue weighted by atomic mass is 9.97. The zero-order chi connectivity index (χ0) is 29.7. The van der Waals surface area contributed by atoms with Crippen molar-refractivity contribution in [2.45, 2.75) is 78.3 Å². The number of terminal acetylenes is 1. The van der Waals surface area contributed by atoms with Gasteiger partial charge in [-0.25, -0.2) is 4.79 Å². The van der Waals surface area contributed by atoms with E-state index in [2.05, 4.69) is 28.8 Å². The largest absolute Gasteiger partial charge is 0.394 e. The molecule has 38 heavy (non-hydrogen) atoms. The van der Waals surface area contributed by atoms with Gasteiger partial charge in [-0.15, -0.1) is 12.8 Å². The van der Waals surface area contributed by atoms with Crippen molar-refractivity contribution in [3.63, 3.8) is 0 Å². The summed E-state index contributed by atoms with van der Waals surface area (Å²) >= 11 is 0. The van der Waals surface area contributed by atoms with Crippen molar-refractivity contribution >= 4 is 35.4 Å². The van der Waals surface area contributed by atoms with Crippen LogP contribution in [0.5, 0.6) is 0 Å². The first-order chi connectivity index (χ1) is 18.1. The number of unbranched alkanes of at least 4 members (excludes halogenated alkanes) is 2. The van der Waals surface area contributed by atoms with Gasteiger partial charge < -0.3 is 26.8 Å². The molecule has 0 aromatic carbocycles. The minimum Gasteiger partial charge on any atom is -0.394 e. The fraction of sp³-hybridized carbons (Fsp3) is 0.615. The summed E-state index contributed by atoms with van der Waals surface area (Å²) in [6, 6.07) is -2.74. The molecule has 6 N–H and O–H groups in total. The van der Waals surface area contributed by atoms with Crippen LogP contribution >= 0.6 is 0 Å². The van der Waals surface area contributed by atoms with Crippen molar-refractivity contribution in [2.24, 2.45) is 11.7 Å². The Hall–Kier alpha value is -3.72. The van der Waals surface area contributed by atoms with E-state index in [1.165, 1.54) is 12.2 Å². The van der Waals surface area contributed by atoms with Gasteiger partial charge in [-0.2, -0.15) is 0 Å². The Morgan fingerprint density at radius 1 is 0.947 bits per heavy atom. The summed E-state index contributed by atoms with van der Waals surface area (Å²) in [7, 11) is 0. The van der Waals surface area contributed by atoms with Crippen LogP contribution < -0.4 is 21.7 Å². The van der Waals surface area contributed by atoms with Gasteiger partial charge in [0.1, 0.15) is 6.04 Å². The second kappa shape index (κ2) is 21.4. The van der Waals surface area contributed by atoms with E-state index >= 15 is 0 Å². The number of aliphatic hydroxyl groups is 1. The highest BCUT2D eigenvalue weighted by Gasteiger charge is 2.27. The molecule has 1 aliphatic rings. The van der Waals surface area contributed by atoms with Crippen LogP contribution in [-0.4, -0.2) is 77.2 Å². The van der Waals surface area contributed by atoms with E-state index in [1.807, 2.05) is 13.8 Å². The molecular formula is C26H43N5O7. The third-order valence-electron chi connectivity index (χ3n) is 5.22. The molecule has 0 aromatic heterocycles. The molecular weight excluding hydrogens is 494 g/mol. The van der Waals surface area contributed by atoms with E-state index in [9.17, 15) is 33.9 Å². The average molecular weight is 538 g/mol. The van der Waals surface area contributed by atoms with E-state index in [1.54, 1.807) is 13.8 Å². The topological polar surface area (TPSA) is 188 Å². The fourth-order valence-electron chi connectivity index (χ4n) is 3.32. The number of Topliss-reactive ketones (excluding diaryl/α,β-unsaturated/α-hetero) is 1. The van der Waals surface area contributed by atoms with E-state index < -0.39 is 36.5 Å². The molecule has 0 saturated carbocycles. The third kappa shape index (κ3) is 14.7. The molecule has 0 saturated heterocycles. The number of imide groups is 1. The molecule has 0 fully saturated rings. The number of rotatable bonds is 16. The number of primary amides is 1. The van der Waals surface area contributed by atoms with E-state index in [0.29, 0.717) is 25.7 Å². The van der Waals surface area contributed by atoms with Crippen molar-refractivity contribution in [3.8, 4) is 12.8 Å². The Kier molecular flexibility index (Phi) is 20.5. The minimum atomic E-state index is -1.22. The zero-order valence-electron chi connectivity index (χ0n) is 22.8. The summed E-state index contributed by atoms with van der Waals surface area (Å²) in [4.78, 5) is 72.1. The van der Waals surface area contributed by atoms with Crippen molar-refractivity contribution in [3.05, 3.63) is 12.2 Å². The standard InChI is InChI=1S/C22H35N5O7.C2H6.C2H2/c1-14(2)20(32)15(7-6-11-24-22(23)34)26-21(33)16(13-28)25-17(29)8-4-3-5-12-27-18(30)9-10-19(27)31;2*1-2/h9-10,14-16,28H,3-8,11-13H2,1-2H3,(H,25,29)(H,26,33)(H3,23,24,34);1-2H3;1-2H/t15-,16?;;/m0../s1. The summed E-state index contributed by atoms with van der Waals surface area (Å²) in [6.07, 6.45) is 12.8. The third-order valence-corrected chi connectivity index (χ3v) is 5.22. The van der Waals surface area contributed by atoms with Gasteiger partial charge in [-0.05, 0) is 25.7 Å². The second-order valence-electron chi connectivity index (χ2n) is 8.33. The van der Waals surface area contributed by atoms with Gasteiger partial charge in [-0.3, -0.25) is 28.9 Å². The SMILES string of the molecule is C#C.CC.CC(C)C(=O)[C@H](CCCNC(N)=O)NC(=O)C(CO)NC(=O)CCCCCN1C(=O)C=CC1=O. The van der Waals surface area contributed by atoms with E-state index in [0.717, 1.165) is 4.90 Å². The van der Waals surface area contributed by atoms with Crippen LogP contribution in [0.2, 0.25) is 0 Å². The average Bonchev–Trinajstić information content (AvgIpc) is 3.22. The first-order valence-electron chi connectivity index (χ1n) is 12.7. The zero-order valence-corrected chi connectivity index (χ0v) is 22.8. The first kappa shape index (κ1) is 36.4. The predicted molar refractivity (Wildman–Crippen MR) is 143 cm³/mol. The molecule has 0 aliphatic carbocycles. The lowest BCUT2D eigenvalue weighted by molar-refractivity contribution is -0.137. The molecule has 12 heteroatoms. The monoisotopic (exact) mass is 537 g/mol. The molecule has 0 radical (unpaired) electrons. The molecule has 1 unspecified atom stereocenters. The summed E-state index contributed by atoms with van der Waals surface area (Å²) in [5.41, 5.74) is 5.01. The molecule has 1 aliphatic heterocycles. The van der Waals surface area contributed by atoms with Gasteiger partial charge in [0, 0.05) is 37.6 Å². The summed E-state index contributed by atoms with van der Waals surface area (Å²) in [5.74, 6) is -2.38. The maximum atomic E-state index is 12.6. The maximum absolute atomic E-state index is 12.6. The van der Waals surface area contributed by atoms with Crippen LogP contribution in [-0.2, 0) is 24.0 Å². The van der Waals surface area contributed by atoms with Crippen LogP contribution in [0, 0.1) is 18.8 Å². The number of nitrogens with two attached hydrogens (primary N) is 1. The normalized spacial score (nSPS) is 13.4. The molecule has 1 heterocycles. The molecule has 214 valence electrons. The Morgan fingerprint density at radius 3 is 2.03 bits per heavy atom. The van der Waals surface area contributed by atoms with Crippen LogP contribution in [0.1, 0.15) is 66.2 Å². The Balaban J connectivity index is 0. The van der Waals surface area contributed by atoms with Gasteiger partial charge in [0.15, 0.2) is 5.78 Å². The summed E-state index contributed by atoms with van der Waals surface area (Å²) < 4.78 is 0. The second-order valence-corrected chi connectivity index (χ2v) is 8.33. The smallest absolute Gasteiger partial charge is 0.312 e. The van der Waals surface area contributed by atoms with Crippen molar-refractivity contribution in [1.29, 1.82) is 0 Å². The predicted octanol–water partition coefficient (Wildman–Crippen LogP) is 0.383. The van der Waals surface area contributed by atoms with Crippen LogP contribution in [0.15, 0.2) is 12.2 Å². The van der Waals surface area contributed by atoms with Crippen LogP contribution in [0.4, 0.5) is 4.79 Å². The molecule has 1 rings (SSSR count). The van der Waals surface area contributed by atoms with Gasteiger partial charge in [0.05, 0.1) is 12.6 Å². The number of urea groups is 1. The summed E-state index contributed by atoms with van der Waals surface area (Å²) in [6.45, 7) is 7.26. The highest BCUT2D eigenvalue weighted by molar-refractivity contribution is 6.12. The molecule has 0 bridgehead atoms. The lowest BCUT2D eigenvalue weighted by Crippen LogP contribution is -2.53. The Labute approximate surface area is 225 Å². The number of hydrogen-bond acceptors (Lipinski definition) is 7. The highest BCUT2D eigenvalue weighted by Crippen LogP contribution is 2.09. The number of aliphatic hydroxyl groups excluding tert-OH is 1. The summed E-state index contributed by atoms with van der Waals surface area (Å²) in [5, 5.41) is 17.0. The van der Waals surface area contributed by atoms with Crippen molar-refractivity contribution in [1.82, 2.24) is 20.9 Å². The minimum absolute atomic E-state index is 0.0943. The number of nitrogens with zero attached hydrogens (tertiary/aromatic N) is 1. The Morgan fingerprint density at radius 2 is 1.53 bits per heavy atom. The highest BCUT2D eigenvalue weighted by atomic mass is 16.3. The quantitative estimate of drug-likeness (QED) is 0.107. The van der Waals surface area contributed by atoms with Gasteiger partial charge in [0.25, 0.3) is 11.8 Å². The van der Waals surface area contributed by atoms with Gasteiger partial charge in [0.2, 0.25) is 11.8 Å².